The van der Waals surface area contributed by atoms with Gasteiger partial charge in [-0.05, 0) is 25.3 Å². The van der Waals surface area contributed by atoms with Crippen LogP contribution in [0.2, 0.25) is 0 Å². The summed E-state index contributed by atoms with van der Waals surface area (Å²) in [5, 5.41) is 6.92. The summed E-state index contributed by atoms with van der Waals surface area (Å²) in [6.45, 7) is 4.82. The molecule has 0 atom stereocenters. The van der Waals surface area contributed by atoms with Gasteiger partial charge in [-0.3, -0.25) is 0 Å². The zero-order chi connectivity index (χ0) is 17.5. The number of amides is 2. The molecule has 2 heterocycles. The molecule has 3 rings (SSSR count). The number of piperidine rings is 1. The van der Waals surface area contributed by atoms with E-state index in [0.29, 0.717) is 44.6 Å². The second kappa shape index (κ2) is 8.62. The van der Waals surface area contributed by atoms with Crippen LogP contribution in [0.25, 0.3) is 0 Å². The number of nitrogens with zero attached hydrogens (tertiary/aromatic N) is 3. The predicted molar refractivity (Wildman–Crippen MR) is 91.9 cm³/mol. The predicted octanol–water partition coefficient (Wildman–Crippen LogP) is 2.70. The Labute approximate surface area is 147 Å². The van der Waals surface area contributed by atoms with Crippen molar-refractivity contribution < 1.29 is 14.1 Å². The van der Waals surface area contributed by atoms with Crippen molar-refractivity contribution >= 4 is 6.03 Å². The number of ether oxygens (including phenoxy) is 1. The van der Waals surface area contributed by atoms with E-state index in [1.54, 1.807) is 0 Å². The Balaban J connectivity index is 1.45. The van der Waals surface area contributed by atoms with Crippen molar-refractivity contribution in [2.45, 2.75) is 38.9 Å². The van der Waals surface area contributed by atoms with E-state index in [1.807, 2.05) is 42.2 Å². The van der Waals surface area contributed by atoms with Crippen LogP contribution in [0.4, 0.5) is 4.79 Å². The lowest BCUT2D eigenvalue weighted by molar-refractivity contribution is 0.0850. The lowest BCUT2D eigenvalue weighted by Gasteiger charge is -2.30. The first-order valence-electron chi connectivity index (χ1n) is 8.73. The minimum atomic E-state index is 0.00376. The van der Waals surface area contributed by atoms with Gasteiger partial charge in [0, 0.05) is 25.6 Å². The molecule has 7 nitrogen and oxygen atoms in total. The van der Waals surface area contributed by atoms with Crippen LogP contribution in [0.1, 0.15) is 43.0 Å². The Hall–Kier alpha value is -2.41. The standard InChI is InChI=1S/C18H24N4O3/c1-2-19-18(23)22-10-8-15(9-11-22)17-20-16(25-21-17)13-24-12-14-6-4-3-5-7-14/h3-7,15H,2,8-13H2,1H3,(H,19,23). The number of rotatable bonds is 6. The third-order valence-corrected chi connectivity index (χ3v) is 4.30. The van der Waals surface area contributed by atoms with E-state index in [9.17, 15) is 4.79 Å². The van der Waals surface area contributed by atoms with Gasteiger partial charge in [0.2, 0.25) is 0 Å². The van der Waals surface area contributed by atoms with E-state index < -0.39 is 0 Å². The molecule has 1 aromatic carbocycles. The second-order valence-electron chi connectivity index (χ2n) is 6.12. The van der Waals surface area contributed by atoms with E-state index in [-0.39, 0.29) is 11.9 Å². The first-order chi connectivity index (χ1) is 12.3. The molecule has 2 aromatic rings. The van der Waals surface area contributed by atoms with Gasteiger partial charge in [0.05, 0.1) is 6.61 Å². The molecular formula is C18H24N4O3. The molecule has 25 heavy (non-hydrogen) atoms. The smallest absolute Gasteiger partial charge is 0.317 e. The molecule has 1 aliphatic heterocycles. The van der Waals surface area contributed by atoms with Gasteiger partial charge in [-0.25, -0.2) is 4.79 Å². The van der Waals surface area contributed by atoms with Gasteiger partial charge in [-0.1, -0.05) is 35.5 Å². The Bertz CT molecular complexity index is 666. The van der Waals surface area contributed by atoms with Crippen LogP contribution in [-0.4, -0.2) is 40.7 Å². The van der Waals surface area contributed by atoms with Crippen molar-refractivity contribution in [3.63, 3.8) is 0 Å². The van der Waals surface area contributed by atoms with Crippen LogP contribution >= 0.6 is 0 Å². The van der Waals surface area contributed by atoms with Crippen LogP contribution in [0.3, 0.4) is 0 Å². The molecule has 0 aliphatic carbocycles. The molecule has 1 N–H and O–H groups in total. The lowest BCUT2D eigenvalue weighted by atomic mass is 9.96. The average Bonchev–Trinajstić information content (AvgIpc) is 3.12. The summed E-state index contributed by atoms with van der Waals surface area (Å²) in [6, 6.07) is 9.98. The van der Waals surface area contributed by atoms with Crippen LogP contribution < -0.4 is 5.32 Å². The summed E-state index contributed by atoms with van der Waals surface area (Å²) in [4.78, 5) is 18.1. The van der Waals surface area contributed by atoms with Crippen LogP contribution in [-0.2, 0) is 18.0 Å². The maximum absolute atomic E-state index is 11.8. The van der Waals surface area contributed by atoms with E-state index in [4.69, 9.17) is 9.26 Å². The summed E-state index contributed by atoms with van der Waals surface area (Å²) < 4.78 is 10.9. The fraction of sp³-hybridized carbons (Fsp3) is 0.500. The maximum Gasteiger partial charge on any atom is 0.317 e. The van der Waals surface area contributed by atoms with Crippen LogP contribution in [0.5, 0.6) is 0 Å². The van der Waals surface area contributed by atoms with Crippen LogP contribution in [0.15, 0.2) is 34.9 Å². The molecule has 0 bridgehead atoms. The lowest BCUT2D eigenvalue weighted by Crippen LogP contribution is -2.44. The van der Waals surface area contributed by atoms with Crippen molar-refractivity contribution in [2.75, 3.05) is 19.6 Å². The molecule has 1 fully saturated rings. The Morgan fingerprint density at radius 2 is 2.04 bits per heavy atom. The number of likely N-dealkylation sites (tertiary alicyclic amines) is 1. The highest BCUT2D eigenvalue weighted by Crippen LogP contribution is 2.26. The maximum atomic E-state index is 11.8. The van der Waals surface area contributed by atoms with Gasteiger partial charge >= 0.3 is 6.03 Å². The molecule has 1 saturated heterocycles. The zero-order valence-electron chi connectivity index (χ0n) is 14.5. The third kappa shape index (κ3) is 4.79. The fourth-order valence-electron chi connectivity index (χ4n) is 2.93. The number of urea groups is 1. The van der Waals surface area contributed by atoms with Gasteiger partial charge in [0.25, 0.3) is 5.89 Å². The Morgan fingerprint density at radius 1 is 1.28 bits per heavy atom. The van der Waals surface area contributed by atoms with Crippen molar-refractivity contribution in [1.82, 2.24) is 20.4 Å². The normalized spacial score (nSPS) is 15.3. The van der Waals surface area contributed by atoms with Gasteiger partial charge in [-0.15, -0.1) is 0 Å². The molecular weight excluding hydrogens is 320 g/mol. The number of aromatic nitrogens is 2. The topological polar surface area (TPSA) is 80.5 Å². The van der Waals surface area contributed by atoms with E-state index >= 15 is 0 Å². The molecule has 0 saturated carbocycles. The summed E-state index contributed by atoms with van der Waals surface area (Å²) in [5.41, 5.74) is 1.11. The van der Waals surface area contributed by atoms with Gasteiger partial charge in [-0.2, -0.15) is 4.98 Å². The first-order valence-corrected chi connectivity index (χ1v) is 8.73. The molecule has 0 unspecified atom stereocenters. The third-order valence-electron chi connectivity index (χ3n) is 4.30. The fourth-order valence-corrected chi connectivity index (χ4v) is 2.93. The van der Waals surface area contributed by atoms with Crippen molar-refractivity contribution in [2.24, 2.45) is 0 Å². The Morgan fingerprint density at radius 3 is 2.76 bits per heavy atom. The number of hydrogen-bond donors (Lipinski definition) is 1. The van der Waals surface area contributed by atoms with E-state index in [1.165, 1.54) is 0 Å². The molecule has 1 aromatic heterocycles. The molecule has 0 spiro atoms. The Kier molecular flexibility index (Phi) is 6.00. The molecule has 134 valence electrons. The molecule has 7 heteroatoms. The van der Waals surface area contributed by atoms with Crippen LogP contribution in [0, 0.1) is 0 Å². The summed E-state index contributed by atoms with van der Waals surface area (Å²) in [5.74, 6) is 1.45. The highest BCUT2D eigenvalue weighted by atomic mass is 16.5. The second-order valence-corrected chi connectivity index (χ2v) is 6.12. The van der Waals surface area contributed by atoms with Gasteiger partial charge in [0.1, 0.15) is 6.61 Å². The van der Waals surface area contributed by atoms with Crippen molar-refractivity contribution in [3.8, 4) is 0 Å². The summed E-state index contributed by atoms with van der Waals surface area (Å²) in [7, 11) is 0. The molecule has 1 aliphatic rings. The number of carbonyl (C=O) groups is 1. The summed E-state index contributed by atoms with van der Waals surface area (Å²) in [6.07, 6.45) is 1.70. The first kappa shape index (κ1) is 17.4. The highest BCUT2D eigenvalue weighted by Gasteiger charge is 2.26. The SMILES string of the molecule is CCNC(=O)N1CCC(c2noc(COCc3ccccc3)n2)CC1. The van der Waals surface area contributed by atoms with Gasteiger partial charge < -0.3 is 19.5 Å². The molecule has 2 amide bonds. The largest absolute Gasteiger partial charge is 0.367 e. The monoisotopic (exact) mass is 344 g/mol. The van der Waals surface area contributed by atoms with Crippen molar-refractivity contribution in [3.05, 3.63) is 47.6 Å². The number of benzene rings is 1. The highest BCUT2D eigenvalue weighted by molar-refractivity contribution is 5.74. The molecule has 0 radical (unpaired) electrons. The quantitative estimate of drug-likeness (QED) is 0.871. The number of hydrogen-bond acceptors (Lipinski definition) is 5. The summed E-state index contributed by atoms with van der Waals surface area (Å²) >= 11 is 0. The van der Waals surface area contributed by atoms with Crippen molar-refractivity contribution in [1.29, 1.82) is 0 Å². The van der Waals surface area contributed by atoms with Gasteiger partial charge in [0.15, 0.2) is 5.82 Å². The number of carbonyl (C=O) groups excluding carboxylic acids is 1. The minimum absolute atomic E-state index is 0.00376. The van der Waals surface area contributed by atoms with E-state index in [0.717, 1.165) is 18.4 Å². The minimum Gasteiger partial charge on any atom is -0.367 e. The zero-order valence-corrected chi connectivity index (χ0v) is 14.5. The number of nitrogens with one attached hydrogen (secondary N) is 1. The van der Waals surface area contributed by atoms with E-state index in [2.05, 4.69) is 15.5 Å². The average molecular weight is 344 g/mol.